The Kier molecular flexibility index (Phi) is 10.9. The predicted octanol–water partition coefficient (Wildman–Crippen LogP) is 6.92. The Balaban J connectivity index is 1.71. The third kappa shape index (κ3) is 10.4. The van der Waals surface area contributed by atoms with Crippen LogP contribution >= 0.6 is 0 Å². The molecule has 3 rings (SSSR count). The summed E-state index contributed by atoms with van der Waals surface area (Å²) >= 11 is 0. The van der Waals surface area contributed by atoms with Crippen LogP contribution < -0.4 is 10.0 Å². The van der Waals surface area contributed by atoms with E-state index in [0.717, 1.165) is 19.3 Å². The summed E-state index contributed by atoms with van der Waals surface area (Å²) in [5, 5.41) is 2.92. The van der Waals surface area contributed by atoms with Gasteiger partial charge in [0.25, 0.3) is 15.9 Å². The van der Waals surface area contributed by atoms with E-state index < -0.39 is 38.5 Å². The van der Waals surface area contributed by atoms with Gasteiger partial charge in [-0.2, -0.15) is 12.8 Å². The lowest BCUT2D eigenvalue weighted by Crippen LogP contribution is -2.45. The summed E-state index contributed by atoms with van der Waals surface area (Å²) in [6, 6.07) is 7.20. The van der Waals surface area contributed by atoms with Crippen molar-refractivity contribution in [2.75, 3.05) is 18.4 Å². The maximum atomic E-state index is 14.7. The van der Waals surface area contributed by atoms with Gasteiger partial charge in [0.2, 0.25) is 5.95 Å². The molecule has 10 nitrogen and oxygen atoms in total. The Morgan fingerprint density at radius 1 is 1.04 bits per heavy atom. The van der Waals surface area contributed by atoms with Gasteiger partial charge in [-0.25, -0.2) is 19.5 Å². The van der Waals surface area contributed by atoms with Crippen LogP contribution in [0.3, 0.4) is 0 Å². The number of likely N-dealkylation sites (tertiary alicyclic amines) is 1. The highest BCUT2D eigenvalue weighted by Gasteiger charge is 2.43. The summed E-state index contributed by atoms with van der Waals surface area (Å²) in [6.45, 7) is 22.9. The lowest BCUT2D eigenvalue weighted by molar-refractivity contribution is 0.0130. The molecule has 46 heavy (non-hydrogen) atoms. The molecule has 12 heteroatoms. The summed E-state index contributed by atoms with van der Waals surface area (Å²) in [6.07, 6.45) is 2.29. The lowest BCUT2D eigenvalue weighted by Gasteiger charge is -2.33. The van der Waals surface area contributed by atoms with E-state index >= 15 is 0 Å². The van der Waals surface area contributed by atoms with E-state index in [2.05, 4.69) is 49.9 Å². The smallest absolute Gasteiger partial charge is 0.410 e. The lowest BCUT2D eigenvalue weighted by atomic mass is 9.79. The van der Waals surface area contributed by atoms with E-state index in [0.29, 0.717) is 24.6 Å². The third-order valence-corrected chi connectivity index (χ3v) is 9.03. The zero-order valence-electron chi connectivity index (χ0n) is 29.2. The molecule has 0 aliphatic carbocycles. The molecule has 1 fully saturated rings. The van der Waals surface area contributed by atoms with Crippen LogP contribution in [0.15, 0.2) is 35.4 Å². The molecule has 2 aromatic heterocycles. The molecule has 2 amide bonds. The summed E-state index contributed by atoms with van der Waals surface area (Å²) < 4.78 is 48.4. The van der Waals surface area contributed by atoms with Gasteiger partial charge in [0.15, 0.2) is 5.03 Å². The summed E-state index contributed by atoms with van der Waals surface area (Å²) in [5.74, 6) is -1.38. The standard InChI is InChI=1S/C34H52FN5O5S/c1-31(2,3)18-22(17-23-19-34(10,11)40(21-23)30(42)45-33(7,8)9)20-36-26-13-12-14-27(38-26)46(43,44)39-29(41)24-15-16-25(32(4,5)6)37-28(24)35/h12-16,22-23H,17-21H2,1-11H3,(H,36,38)(H,39,41)/t22?,23-/m0/s1. The Morgan fingerprint density at radius 3 is 2.26 bits per heavy atom. The molecule has 0 radical (unpaired) electrons. The zero-order chi connectivity index (χ0) is 34.9. The second-order valence-electron chi connectivity index (χ2n) is 16.3. The van der Waals surface area contributed by atoms with Crippen LogP contribution in [0.25, 0.3) is 0 Å². The molecular weight excluding hydrogens is 609 g/mol. The Morgan fingerprint density at radius 2 is 1.70 bits per heavy atom. The van der Waals surface area contributed by atoms with Gasteiger partial charge in [-0.05, 0) is 95.4 Å². The number of amides is 2. The highest BCUT2D eigenvalue weighted by Crippen LogP contribution is 2.39. The maximum absolute atomic E-state index is 14.7. The van der Waals surface area contributed by atoms with E-state index in [1.165, 1.54) is 24.3 Å². The molecule has 2 atom stereocenters. The quantitative estimate of drug-likeness (QED) is 0.277. The molecule has 1 aliphatic rings. The van der Waals surface area contributed by atoms with Crippen molar-refractivity contribution in [1.29, 1.82) is 0 Å². The molecule has 0 saturated carbocycles. The van der Waals surface area contributed by atoms with Crippen LogP contribution in [0.1, 0.15) is 111 Å². The van der Waals surface area contributed by atoms with Gasteiger partial charge in [0.05, 0.1) is 5.56 Å². The topological polar surface area (TPSA) is 131 Å². The molecule has 0 bridgehead atoms. The number of carbonyl (C=O) groups is 2. The van der Waals surface area contributed by atoms with E-state index in [9.17, 15) is 22.4 Å². The number of pyridine rings is 2. The van der Waals surface area contributed by atoms with Gasteiger partial charge in [-0.3, -0.25) is 4.79 Å². The first-order valence-electron chi connectivity index (χ1n) is 15.8. The summed E-state index contributed by atoms with van der Waals surface area (Å²) in [4.78, 5) is 35.6. The Labute approximate surface area is 274 Å². The van der Waals surface area contributed by atoms with Crippen molar-refractivity contribution < 1.29 is 27.1 Å². The van der Waals surface area contributed by atoms with Crippen molar-refractivity contribution in [1.82, 2.24) is 19.6 Å². The average molecular weight is 662 g/mol. The first kappa shape index (κ1) is 37.2. The molecule has 0 spiro atoms. The number of sulfonamides is 1. The third-order valence-electron chi connectivity index (χ3n) is 7.80. The molecule has 1 aliphatic heterocycles. The number of ether oxygens (including phenoxy) is 1. The molecular formula is C34H52FN5O5S. The fourth-order valence-electron chi connectivity index (χ4n) is 5.92. The van der Waals surface area contributed by atoms with Crippen molar-refractivity contribution in [3.05, 3.63) is 47.5 Å². The van der Waals surface area contributed by atoms with Crippen molar-refractivity contribution >= 4 is 27.8 Å². The SMILES string of the molecule is CC(C)(C)CC(CNc1cccc(S(=O)(=O)NC(=O)c2ccc(C(C)(C)C)nc2F)n1)C[C@@H]1CN(C(=O)OC(C)(C)C)C(C)(C)C1. The first-order valence-corrected chi connectivity index (χ1v) is 17.3. The van der Waals surface area contributed by atoms with E-state index in [1.54, 1.807) is 6.07 Å². The van der Waals surface area contributed by atoms with Gasteiger partial charge < -0.3 is 15.0 Å². The van der Waals surface area contributed by atoms with Crippen molar-refractivity contribution in [2.45, 2.75) is 117 Å². The molecule has 256 valence electrons. The Bertz CT molecular complexity index is 1520. The number of halogens is 1. The number of hydrogen-bond acceptors (Lipinski definition) is 8. The molecule has 1 unspecified atom stereocenters. The van der Waals surface area contributed by atoms with Crippen LogP contribution in [0, 0.1) is 23.2 Å². The minimum Gasteiger partial charge on any atom is -0.444 e. The number of rotatable bonds is 9. The summed E-state index contributed by atoms with van der Waals surface area (Å²) in [5.41, 5.74) is -1.37. The largest absolute Gasteiger partial charge is 0.444 e. The van der Waals surface area contributed by atoms with Crippen molar-refractivity contribution in [3.8, 4) is 0 Å². The van der Waals surface area contributed by atoms with Crippen LogP contribution in [0.2, 0.25) is 0 Å². The maximum Gasteiger partial charge on any atom is 0.410 e. The number of nitrogens with one attached hydrogen (secondary N) is 2. The highest BCUT2D eigenvalue weighted by atomic mass is 32.2. The number of anilines is 1. The summed E-state index contributed by atoms with van der Waals surface area (Å²) in [7, 11) is -4.41. The van der Waals surface area contributed by atoms with Gasteiger partial charge >= 0.3 is 6.09 Å². The molecule has 2 aromatic rings. The van der Waals surface area contributed by atoms with E-state index in [1.807, 2.05) is 51.2 Å². The van der Waals surface area contributed by atoms with E-state index in [4.69, 9.17) is 4.74 Å². The van der Waals surface area contributed by atoms with Gasteiger partial charge in [-0.1, -0.05) is 47.6 Å². The van der Waals surface area contributed by atoms with E-state index in [-0.39, 0.29) is 33.9 Å². The predicted molar refractivity (Wildman–Crippen MR) is 178 cm³/mol. The van der Waals surface area contributed by atoms with Crippen LogP contribution in [-0.4, -0.2) is 59.5 Å². The second-order valence-corrected chi connectivity index (χ2v) is 17.9. The fourth-order valence-corrected chi connectivity index (χ4v) is 6.86. The number of hydrogen-bond donors (Lipinski definition) is 2. The van der Waals surface area contributed by atoms with Crippen molar-refractivity contribution in [3.63, 3.8) is 0 Å². The minimum atomic E-state index is -4.41. The van der Waals surface area contributed by atoms with Crippen LogP contribution in [0.5, 0.6) is 0 Å². The minimum absolute atomic E-state index is 0.0312. The average Bonchev–Trinajstić information content (AvgIpc) is 3.18. The van der Waals surface area contributed by atoms with Crippen LogP contribution in [-0.2, 0) is 20.2 Å². The number of aromatic nitrogens is 2. The van der Waals surface area contributed by atoms with Crippen LogP contribution in [0.4, 0.5) is 15.0 Å². The highest BCUT2D eigenvalue weighted by molar-refractivity contribution is 7.90. The van der Waals surface area contributed by atoms with Gasteiger partial charge in [0.1, 0.15) is 11.4 Å². The Hall–Kier alpha value is -3.28. The van der Waals surface area contributed by atoms with Gasteiger partial charge in [0, 0.05) is 29.7 Å². The van der Waals surface area contributed by atoms with Gasteiger partial charge in [-0.15, -0.1) is 0 Å². The number of nitrogens with zero attached hydrogens (tertiary/aromatic N) is 3. The molecule has 2 N–H and O–H groups in total. The second kappa shape index (κ2) is 13.4. The first-order chi connectivity index (χ1) is 20.9. The number of carbonyl (C=O) groups excluding carboxylic acids is 2. The molecule has 0 aromatic carbocycles. The normalized spacial score (nSPS) is 17.8. The fraction of sp³-hybridized carbons (Fsp3) is 0.647. The monoisotopic (exact) mass is 661 g/mol. The zero-order valence-corrected chi connectivity index (χ0v) is 30.1. The molecule has 1 saturated heterocycles. The molecule has 3 heterocycles. The van der Waals surface area contributed by atoms with Crippen molar-refractivity contribution in [2.24, 2.45) is 17.3 Å².